The van der Waals surface area contributed by atoms with Crippen LogP contribution in [-0.4, -0.2) is 0 Å². The fourth-order valence-corrected chi connectivity index (χ4v) is 3.34. The normalized spacial score (nSPS) is 10.7. The molecule has 0 fully saturated rings. The van der Waals surface area contributed by atoms with Crippen molar-refractivity contribution in [3.05, 3.63) is 103 Å². The van der Waals surface area contributed by atoms with Crippen molar-refractivity contribution < 1.29 is 0 Å². The van der Waals surface area contributed by atoms with Crippen molar-refractivity contribution in [1.29, 1.82) is 0 Å². The molecule has 0 saturated heterocycles. The van der Waals surface area contributed by atoms with Crippen LogP contribution in [0.3, 0.4) is 0 Å². The molecule has 0 heterocycles. The molecule has 0 heteroatoms. The van der Waals surface area contributed by atoms with Gasteiger partial charge in [-0.25, -0.2) is 0 Å². The standard InChI is InChI=1S/C24H18/c1-2-18-16-17-21-14-9-15-22(19-10-5-3-6-11-19)24(21)23(18)20-12-7-4-8-13-20/h2-17H,1H2. The van der Waals surface area contributed by atoms with Gasteiger partial charge in [-0.05, 0) is 38.6 Å². The van der Waals surface area contributed by atoms with E-state index in [-0.39, 0.29) is 0 Å². The van der Waals surface area contributed by atoms with Gasteiger partial charge in [-0.3, -0.25) is 0 Å². The topological polar surface area (TPSA) is 0 Å². The van der Waals surface area contributed by atoms with Gasteiger partial charge in [-0.2, -0.15) is 0 Å². The highest BCUT2D eigenvalue weighted by molar-refractivity contribution is 6.08. The zero-order chi connectivity index (χ0) is 16.4. The molecule has 0 aromatic heterocycles. The van der Waals surface area contributed by atoms with E-state index in [0.29, 0.717) is 0 Å². The molecule has 24 heavy (non-hydrogen) atoms. The maximum absolute atomic E-state index is 4.03. The molecule has 114 valence electrons. The largest absolute Gasteiger partial charge is 0.0984 e. The summed E-state index contributed by atoms with van der Waals surface area (Å²) in [7, 11) is 0. The lowest BCUT2D eigenvalue weighted by atomic mass is 9.88. The second kappa shape index (κ2) is 6.17. The summed E-state index contributed by atoms with van der Waals surface area (Å²) >= 11 is 0. The molecule has 4 rings (SSSR count). The Bertz CT molecular complexity index is 996. The van der Waals surface area contributed by atoms with E-state index in [0.717, 1.165) is 5.56 Å². The van der Waals surface area contributed by atoms with Crippen LogP contribution in [0.15, 0.2) is 97.6 Å². The molecule has 0 bridgehead atoms. The average Bonchev–Trinajstić information content (AvgIpc) is 2.68. The second-order valence-electron chi connectivity index (χ2n) is 5.87. The third-order valence-electron chi connectivity index (χ3n) is 4.44. The van der Waals surface area contributed by atoms with Crippen molar-refractivity contribution in [2.75, 3.05) is 0 Å². The van der Waals surface area contributed by atoms with Gasteiger partial charge in [0.25, 0.3) is 0 Å². The highest BCUT2D eigenvalue weighted by Crippen LogP contribution is 2.38. The molecular weight excluding hydrogens is 288 g/mol. The molecular formula is C24H18. The molecule has 0 atom stereocenters. The van der Waals surface area contributed by atoms with E-state index in [4.69, 9.17) is 0 Å². The third-order valence-corrected chi connectivity index (χ3v) is 4.44. The average molecular weight is 306 g/mol. The molecule has 0 radical (unpaired) electrons. The van der Waals surface area contributed by atoms with E-state index in [1.54, 1.807) is 0 Å². The summed E-state index contributed by atoms with van der Waals surface area (Å²) in [6, 6.07) is 32.0. The van der Waals surface area contributed by atoms with Crippen LogP contribution in [-0.2, 0) is 0 Å². The minimum atomic E-state index is 1.16. The summed E-state index contributed by atoms with van der Waals surface area (Å²) in [4.78, 5) is 0. The van der Waals surface area contributed by atoms with E-state index >= 15 is 0 Å². The summed E-state index contributed by atoms with van der Waals surface area (Å²) < 4.78 is 0. The molecule has 0 aliphatic heterocycles. The lowest BCUT2D eigenvalue weighted by Crippen LogP contribution is -1.89. The Hall–Kier alpha value is -3.12. The van der Waals surface area contributed by atoms with Crippen molar-refractivity contribution in [3.63, 3.8) is 0 Å². The second-order valence-corrected chi connectivity index (χ2v) is 5.87. The van der Waals surface area contributed by atoms with Crippen molar-refractivity contribution in [2.45, 2.75) is 0 Å². The van der Waals surface area contributed by atoms with Crippen molar-refractivity contribution in [3.8, 4) is 22.3 Å². The van der Waals surface area contributed by atoms with Gasteiger partial charge in [-0.1, -0.05) is 104 Å². The Morgan fingerprint density at radius 1 is 0.583 bits per heavy atom. The predicted molar refractivity (Wildman–Crippen MR) is 105 cm³/mol. The maximum Gasteiger partial charge on any atom is -0.00208 e. The molecule has 0 amide bonds. The zero-order valence-corrected chi connectivity index (χ0v) is 13.4. The smallest absolute Gasteiger partial charge is 0.00208 e. The van der Waals surface area contributed by atoms with Crippen LogP contribution in [0.2, 0.25) is 0 Å². The van der Waals surface area contributed by atoms with Crippen molar-refractivity contribution in [2.24, 2.45) is 0 Å². The first-order valence-electron chi connectivity index (χ1n) is 8.17. The van der Waals surface area contributed by atoms with Gasteiger partial charge >= 0.3 is 0 Å². The Morgan fingerprint density at radius 2 is 1.25 bits per heavy atom. The van der Waals surface area contributed by atoms with Crippen LogP contribution >= 0.6 is 0 Å². The summed E-state index contributed by atoms with van der Waals surface area (Å²) in [5, 5.41) is 2.54. The molecule has 0 N–H and O–H groups in total. The Kier molecular flexibility index (Phi) is 3.72. The number of benzene rings is 4. The zero-order valence-electron chi connectivity index (χ0n) is 13.4. The first kappa shape index (κ1) is 14.5. The Labute approximate surface area is 142 Å². The summed E-state index contributed by atoms with van der Waals surface area (Å²) in [5.41, 5.74) is 6.14. The van der Waals surface area contributed by atoms with E-state index in [2.05, 4.69) is 97.6 Å². The highest BCUT2D eigenvalue weighted by atomic mass is 14.2. The molecule has 0 saturated carbocycles. The van der Waals surface area contributed by atoms with Crippen LogP contribution in [0.25, 0.3) is 39.1 Å². The van der Waals surface area contributed by atoms with E-state index in [1.165, 1.54) is 33.0 Å². The van der Waals surface area contributed by atoms with Crippen LogP contribution in [0.1, 0.15) is 5.56 Å². The van der Waals surface area contributed by atoms with Gasteiger partial charge in [0, 0.05) is 0 Å². The molecule has 0 aliphatic carbocycles. The molecule has 0 nitrogen and oxygen atoms in total. The van der Waals surface area contributed by atoms with Crippen molar-refractivity contribution >= 4 is 16.8 Å². The minimum absolute atomic E-state index is 1.16. The van der Waals surface area contributed by atoms with Crippen LogP contribution < -0.4 is 0 Å². The van der Waals surface area contributed by atoms with Crippen LogP contribution in [0, 0.1) is 0 Å². The van der Waals surface area contributed by atoms with Gasteiger partial charge in [0.1, 0.15) is 0 Å². The third kappa shape index (κ3) is 2.43. The highest BCUT2D eigenvalue weighted by Gasteiger charge is 2.12. The lowest BCUT2D eigenvalue weighted by molar-refractivity contribution is 1.61. The fourth-order valence-electron chi connectivity index (χ4n) is 3.34. The minimum Gasteiger partial charge on any atom is -0.0984 e. The molecule has 0 spiro atoms. The SMILES string of the molecule is C=Cc1ccc2cccc(-c3ccccc3)c2c1-c1ccccc1. The number of fused-ring (bicyclic) bond motifs is 1. The number of rotatable bonds is 3. The molecule has 4 aromatic carbocycles. The maximum atomic E-state index is 4.03. The Balaban J connectivity index is 2.15. The first-order valence-corrected chi connectivity index (χ1v) is 8.17. The molecule has 0 aliphatic rings. The summed E-state index contributed by atoms with van der Waals surface area (Å²) in [5.74, 6) is 0. The van der Waals surface area contributed by atoms with Crippen LogP contribution in [0.5, 0.6) is 0 Å². The fraction of sp³-hybridized carbons (Fsp3) is 0. The van der Waals surface area contributed by atoms with E-state index in [9.17, 15) is 0 Å². The monoisotopic (exact) mass is 306 g/mol. The van der Waals surface area contributed by atoms with Gasteiger partial charge in [0.2, 0.25) is 0 Å². The van der Waals surface area contributed by atoms with Crippen LogP contribution in [0.4, 0.5) is 0 Å². The van der Waals surface area contributed by atoms with Gasteiger partial charge in [0.15, 0.2) is 0 Å². The van der Waals surface area contributed by atoms with E-state index in [1.807, 2.05) is 6.08 Å². The Morgan fingerprint density at radius 3 is 1.92 bits per heavy atom. The predicted octanol–water partition coefficient (Wildman–Crippen LogP) is 6.82. The molecule has 0 unspecified atom stereocenters. The van der Waals surface area contributed by atoms with Gasteiger partial charge in [0.05, 0.1) is 0 Å². The lowest BCUT2D eigenvalue weighted by Gasteiger charge is -2.15. The quantitative estimate of drug-likeness (QED) is 0.389. The van der Waals surface area contributed by atoms with Gasteiger partial charge < -0.3 is 0 Å². The number of hydrogen-bond donors (Lipinski definition) is 0. The first-order chi connectivity index (χ1) is 11.9. The van der Waals surface area contributed by atoms with Crippen molar-refractivity contribution in [1.82, 2.24) is 0 Å². The number of hydrogen-bond acceptors (Lipinski definition) is 0. The summed E-state index contributed by atoms with van der Waals surface area (Å²) in [6.45, 7) is 4.03. The van der Waals surface area contributed by atoms with Gasteiger partial charge in [-0.15, -0.1) is 0 Å². The summed E-state index contributed by atoms with van der Waals surface area (Å²) in [6.07, 6.45) is 1.95. The molecule has 4 aromatic rings. The van der Waals surface area contributed by atoms with E-state index < -0.39 is 0 Å².